The van der Waals surface area contributed by atoms with Gasteiger partial charge in [0.15, 0.2) is 0 Å². The highest BCUT2D eigenvalue weighted by atomic mass is 19.1. The Kier molecular flexibility index (Phi) is 11.9. The molecule has 1 aromatic carbocycles. The molecule has 1 heterocycles. The van der Waals surface area contributed by atoms with Gasteiger partial charge in [-0.05, 0) is 63.5 Å². The number of primary amides is 1. The third-order valence-electron chi connectivity index (χ3n) is 7.61. The molecule has 0 saturated carbocycles. The lowest BCUT2D eigenvalue weighted by Crippen LogP contribution is -2.34. The Morgan fingerprint density at radius 2 is 1.82 bits per heavy atom. The van der Waals surface area contributed by atoms with Gasteiger partial charge in [-0.3, -0.25) is 4.79 Å². The Morgan fingerprint density at radius 1 is 1.18 bits per heavy atom. The fraction of sp³-hybridized carbons (Fsp3) is 0.586. The van der Waals surface area contributed by atoms with Crippen molar-refractivity contribution in [2.75, 3.05) is 18.5 Å². The van der Waals surface area contributed by atoms with E-state index in [1.54, 1.807) is 39.8 Å². The van der Waals surface area contributed by atoms with Gasteiger partial charge >= 0.3 is 6.09 Å². The molecule has 0 aromatic heterocycles. The van der Waals surface area contributed by atoms with Gasteiger partial charge < -0.3 is 36.2 Å². The first kappa shape index (κ1) is 32.3. The van der Waals surface area contributed by atoms with Gasteiger partial charge in [-0.1, -0.05) is 26.0 Å². The number of hydrogen-bond donors (Lipinski definition) is 6. The first-order valence-electron chi connectivity index (χ1n) is 13.3. The number of aliphatic hydroxyl groups is 3. The molecule has 10 heteroatoms. The summed E-state index contributed by atoms with van der Waals surface area (Å²) in [6.45, 7) is 7.88. The molecule has 0 fully saturated rings. The monoisotopic (exact) mass is 550 g/mol. The zero-order valence-corrected chi connectivity index (χ0v) is 23.4. The summed E-state index contributed by atoms with van der Waals surface area (Å²) in [5.74, 6) is -3.01. The minimum atomic E-state index is -1.00. The lowest BCUT2D eigenvalue weighted by molar-refractivity contribution is -0.112. The van der Waals surface area contributed by atoms with Gasteiger partial charge in [0.05, 0.1) is 11.8 Å². The normalized spacial score (nSPS) is 30.4. The topological polar surface area (TPSA) is 162 Å². The van der Waals surface area contributed by atoms with Crippen molar-refractivity contribution in [3.63, 3.8) is 0 Å². The quantitative estimate of drug-likeness (QED) is 0.247. The second-order valence-corrected chi connectivity index (χ2v) is 10.8. The summed E-state index contributed by atoms with van der Waals surface area (Å²) in [5, 5.41) is 44.8. The summed E-state index contributed by atoms with van der Waals surface area (Å²) >= 11 is 0. The predicted molar refractivity (Wildman–Crippen MR) is 146 cm³/mol. The lowest BCUT2D eigenvalue weighted by atomic mass is 9.82. The highest BCUT2D eigenvalue weighted by Gasteiger charge is 2.30. The number of ether oxygens (including phenoxy) is 1. The third kappa shape index (κ3) is 8.52. The van der Waals surface area contributed by atoms with E-state index < -0.39 is 47.8 Å². The molecule has 1 aliphatic rings. The predicted octanol–water partition coefficient (Wildman–Crippen LogP) is 3.71. The van der Waals surface area contributed by atoms with Gasteiger partial charge in [-0.15, -0.1) is 0 Å². The molecule has 9 nitrogen and oxygen atoms in total. The Hall–Kier alpha value is -2.95. The van der Waals surface area contributed by atoms with Crippen LogP contribution in [-0.2, 0) is 16.0 Å². The maximum absolute atomic E-state index is 14.8. The third-order valence-corrected chi connectivity index (χ3v) is 7.61. The molecule has 218 valence electrons. The number of phenols is 1. The van der Waals surface area contributed by atoms with Gasteiger partial charge in [0.25, 0.3) is 5.91 Å². The first-order valence-corrected chi connectivity index (χ1v) is 13.3. The Morgan fingerprint density at radius 3 is 2.41 bits per heavy atom. The van der Waals surface area contributed by atoms with Crippen LogP contribution in [0.4, 0.5) is 14.9 Å². The van der Waals surface area contributed by atoms with E-state index in [4.69, 9.17) is 10.5 Å². The van der Waals surface area contributed by atoms with E-state index in [9.17, 15) is 34.4 Å². The molecule has 0 spiro atoms. The van der Waals surface area contributed by atoms with Crippen LogP contribution in [0.15, 0.2) is 29.4 Å². The maximum atomic E-state index is 14.8. The second-order valence-electron chi connectivity index (χ2n) is 10.8. The van der Waals surface area contributed by atoms with Gasteiger partial charge in [0.1, 0.15) is 17.7 Å². The van der Waals surface area contributed by atoms with Crippen LogP contribution in [0.1, 0.15) is 58.1 Å². The SMILES string of the molecule is C/C1=C\CC[C@H](CO)[C@@H](OC(N)=O)/C(C)=C/[C@H](C)[C@@H](O)[C@@H](CO)C[C@H](C)Cc2c(C)c(F)cc(c2O)NC1=O. The first-order chi connectivity index (χ1) is 18.3. The number of fused-ring (bicyclic) bond motifs is 2. The van der Waals surface area contributed by atoms with Gasteiger partial charge in [-0.25, -0.2) is 9.18 Å². The van der Waals surface area contributed by atoms with Crippen molar-refractivity contribution in [2.24, 2.45) is 29.4 Å². The molecule has 7 N–H and O–H groups in total. The van der Waals surface area contributed by atoms with Crippen LogP contribution < -0.4 is 11.1 Å². The summed E-state index contributed by atoms with van der Waals surface area (Å²) in [6.07, 6.45) is 1.88. The fourth-order valence-electron chi connectivity index (χ4n) is 5.29. The summed E-state index contributed by atoms with van der Waals surface area (Å²) in [7, 11) is 0. The Labute approximate surface area is 229 Å². The van der Waals surface area contributed by atoms with E-state index in [0.29, 0.717) is 36.0 Å². The average Bonchev–Trinajstić information content (AvgIpc) is 2.88. The van der Waals surface area contributed by atoms with Gasteiger partial charge in [0, 0.05) is 48.2 Å². The number of hydrogen-bond acceptors (Lipinski definition) is 7. The number of carbonyl (C=O) groups excluding carboxylic acids is 2. The van der Waals surface area contributed by atoms with Crippen molar-refractivity contribution >= 4 is 17.7 Å². The highest BCUT2D eigenvalue weighted by molar-refractivity contribution is 6.04. The minimum absolute atomic E-state index is 0.0497. The van der Waals surface area contributed by atoms with Crippen molar-refractivity contribution in [1.82, 2.24) is 0 Å². The number of carbonyl (C=O) groups is 2. The van der Waals surface area contributed by atoms with Gasteiger partial charge in [-0.2, -0.15) is 0 Å². The molecule has 2 amide bonds. The summed E-state index contributed by atoms with van der Waals surface area (Å²) < 4.78 is 20.1. The molecule has 1 aliphatic heterocycles. The largest absolute Gasteiger partial charge is 0.505 e. The molecule has 6 atom stereocenters. The van der Waals surface area contributed by atoms with Crippen LogP contribution in [0.3, 0.4) is 0 Å². The zero-order chi connectivity index (χ0) is 29.4. The van der Waals surface area contributed by atoms with E-state index >= 15 is 0 Å². The van der Waals surface area contributed by atoms with Crippen molar-refractivity contribution < 1.29 is 39.1 Å². The molecule has 0 radical (unpaired) electrons. The molecular formula is C29H43FN2O7. The van der Waals surface area contributed by atoms with Crippen molar-refractivity contribution in [3.8, 4) is 5.75 Å². The number of benzene rings is 1. The molecule has 1 aromatic rings. The van der Waals surface area contributed by atoms with Crippen LogP contribution in [-0.4, -0.2) is 57.8 Å². The zero-order valence-electron chi connectivity index (χ0n) is 23.4. The number of halogens is 1. The van der Waals surface area contributed by atoms with Crippen molar-refractivity contribution in [2.45, 2.75) is 72.5 Å². The summed E-state index contributed by atoms with van der Waals surface area (Å²) in [5.41, 5.74) is 6.78. The second kappa shape index (κ2) is 14.4. The Balaban J connectivity index is 2.56. The van der Waals surface area contributed by atoms with Crippen molar-refractivity contribution in [3.05, 3.63) is 46.3 Å². The standard InChI is InChI=1S/C29H43FN2O7/c1-15-9-21(14-34)25(35)17(3)11-18(4)27(39-29(31)38)20(13-33)8-6-7-16(2)28(37)32-24-12-23(30)19(5)22(10-15)26(24)36/h7,11-12,15,17,20-21,25,27,33-36H,6,8-10,13-14H2,1-5H3,(H2,31,38)(H,32,37)/b16-7+,18-11+/t15-,17-,20+,21+,25+,27-/m0/s1. The minimum Gasteiger partial charge on any atom is -0.505 e. The molecule has 0 unspecified atom stereocenters. The number of rotatable bonds is 3. The van der Waals surface area contributed by atoms with Crippen molar-refractivity contribution in [1.29, 1.82) is 0 Å². The highest BCUT2D eigenvalue weighted by Crippen LogP contribution is 2.36. The number of anilines is 1. The van der Waals surface area contributed by atoms with Crippen LogP contribution in [0.25, 0.3) is 0 Å². The van der Waals surface area contributed by atoms with Crippen LogP contribution in [0, 0.1) is 36.4 Å². The van der Waals surface area contributed by atoms with E-state index in [2.05, 4.69) is 5.32 Å². The van der Waals surface area contributed by atoms with E-state index in [0.717, 1.165) is 6.07 Å². The van der Waals surface area contributed by atoms with E-state index in [1.807, 2.05) is 6.92 Å². The van der Waals surface area contributed by atoms with E-state index in [-0.39, 0.29) is 42.6 Å². The number of aromatic hydroxyl groups is 1. The summed E-state index contributed by atoms with van der Waals surface area (Å²) in [6, 6.07) is 1.08. The summed E-state index contributed by atoms with van der Waals surface area (Å²) in [4.78, 5) is 24.5. The van der Waals surface area contributed by atoms with E-state index in [1.165, 1.54) is 0 Å². The van der Waals surface area contributed by atoms with Crippen LogP contribution >= 0.6 is 0 Å². The maximum Gasteiger partial charge on any atom is 0.405 e. The molecule has 0 saturated heterocycles. The van der Waals surface area contributed by atoms with Crippen LogP contribution in [0.2, 0.25) is 0 Å². The fourth-order valence-corrected chi connectivity index (χ4v) is 5.29. The number of allylic oxidation sites excluding steroid dienone is 1. The number of nitrogens with two attached hydrogens (primary N) is 1. The number of phenolic OH excluding ortho intramolecular Hbond substituents is 1. The van der Waals surface area contributed by atoms with Crippen LogP contribution in [0.5, 0.6) is 5.75 Å². The average molecular weight is 551 g/mol. The Bertz CT molecular complexity index is 1090. The molecule has 0 aliphatic carbocycles. The smallest absolute Gasteiger partial charge is 0.405 e. The number of amides is 2. The lowest BCUT2D eigenvalue weighted by Gasteiger charge is -2.30. The number of nitrogens with one attached hydrogen (secondary N) is 1. The van der Waals surface area contributed by atoms with Gasteiger partial charge in [0.2, 0.25) is 0 Å². The molecule has 2 rings (SSSR count). The molecular weight excluding hydrogens is 507 g/mol. The molecule has 2 bridgehead atoms. The number of aliphatic hydroxyl groups excluding tert-OH is 3. The molecule has 39 heavy (non-hydrogen) atoms.